The third kappa shape index (κ3) is 5.23. The molecular weight excluding hydrogens is 300 g/mol. The third-order valence-corrected chi connectivity index (χ3v) is 3.30. The summed E-state index contributed by atoms with van der Waals surface area (Å²) in [6.07, 6.45) is 3.60. The van der Waals surface area contributed by atoms with Gasteiger partial charge in [-0.1, -0.05) is 24.3 Å². The Labute approximate surface area is 143 Å². The zero-order valence-electron chi connectivity index (χ0n) is 14.9. The molecule has 2 rings (SSSR count). The summed E-state index contributed by atoms with van der Waals surface area (Å²) in [5.41, 5.74) is 3.24. The fraction of sp³-hybridized carbons (Fsp3) is 0.300. The fourth-order valence-electron chi connectivity index (χ4n) is 2.08. The van der Waals surface area contributed by atoms with Crippen molar-refractivity contribution in [2.45, 2.75) is 33.3 Å². The predicted molar refractivity (Wildman–Crippen MR) is 99.0 cm³/mol. The molecule has 0 aliphatic rings. The van der Waals surface area contributed by atoms with Crippen LogP contribution < -0.4 is 4.90 Å². The fourth-order valence-corrected chi connectivity index (χ4v) is 2.08. The molecule has 0 saturated heterocycles. The van der Waals surface area contributed by atoms with Crippen molar-refractivity contribution in [3.05, 3.63) is 59.4 Å². The Balaban J connectivity index is 2.06. The van der Waals surface area contributed by atoms with Gasteiger partial charge in [-0.2, -0.15) is 0 Å². The first-order chi connectivity index (χ1) is 11.2. The maximum absolute atomic E-state index is 12.1. The van der Waals surface area contributed by atoms with Crippen molar-refractivity contribution < 1.29 is 9.53 Å². The molecule has 4 nitrogen and oxygen atoms in total. The molecule has 0 radical (unpaired) electrons. The maximum atomic E-state index is 12.1. The monoisotopic (exact) mass is 324 g/mol. The van der Waals surface area contributed by atoms with E-state index in [0.717, 1.165) is 22.6 Å². The Kier molecular flexibility index (Phi) is 5.39. The van der Waals surface area contributed by atoms with E-state index in [9.17, 15) is 4.79 Å². The predicted octanol–water partition coefficient (Wildman–Crippen LogP) is 4.93. The quantitative estimate of drug-likeness (QED) is 0.804. The van der Waals surface area contributed by atoms with E-state index >= 15 is 0 Å². The van der Waals surface area contributed by atoms with Crippen molar-refractivity contribution in [2.75, 3.05) is 11.9 Å². The highest BCUT2D eigenvalue weighted by molar-refractivity contribution is 5.87. The largest absolute Gasteiger partial charge is 0.443 e. The van der Waals surface area contributed by atoms with Crippen LogP contribution in [0.2, 0.25) is 0 Å². The lowest BCUT2D eigenvalue weighted by Crippen LogP contribution is -2.34. The van der Waals surface area contributed by atoms with Crippen LogP contribution in [-0.2, 0) is 4.74 Å². The van der Waals surface area contributed by atoms with E-state index in [0.29, 0.717) is 0 Å². The van der Waals surface area contributed by atoms with E-state index in [1.165, 1.54) is 4.90 Å². The topological polar surface area (TPSA) is 42.4 Å². The molecule has 0 bridgehead atoms. The van der Waals surface area contributed by atoms with Crippen LogP contribution in [-0.4, -0.2) is 23.7 Å². The average Bonchev–Trinajstić information content (AvgIpc) is 2.51. The van der Waals surface area contributed by atoms with Crippen molar-refractivity contribution >= 4 is 23.9 Å². The smallest absolute Gasteiger partial charge is 0.414 e. The van der Waals surface area contributed by atoms with Gasteiger partial charge < -0.3 is 4.74 Å². The molecule has 126 valence electrons. The lowest BCUT2D eigenvalue weighted by atomic mass is 10.1. The van der Waals surface area contributed by atoms with Crippen molar-refractivity contribution in [2.24, 2.45) is 0 Å². The first-order valence-electron chi connectivity index (χ1n) is 7.93. The van der Waals surface area contributed by atoms with Gasteiger partial charge in [0, 0.05) is 18.4 Å². The summed E-state index contributed by atoms with van der Waals surface area (Å²) in [6, 6.07) is 13.6. The van der Waals surface area contributed by atoms with Crippen LogP contribution in [0.5, 0.6) is 0 Å². The van der Waals surface area contributed by atoms with Crippen LogP contribution in [0.15, 0.2) is 42.5 Å². The molecule has 1 aromatic heterocycles. The number of carbonyl (C=O) groups excluding carboxylic acids is 1. The van der Waals surface area contributed by atoms with Gasteiger partial charge in [0.25, 0.3) is 0 Å². The van der Waals surface area contributed by atoms with Gasteiger partial charge in [0.2, 0.25) is 0 Å². The molecular formula is C20H24N2O2. The zero-order valence-corrected chi connectivity index (χ0v) is 14.9. The minimum atomic E-state index is -0.505. The highest BCUT2D eigenvalue weighted by atomic mass is 16.6. The van der Waals surface area contributed by atoms with Crippen LogP contribution in [0, 0.1) is 6.92 Å². The van der Waals surface area contributed by atoms with E-state index in [1.54, 1.807) is 7.05 Å². The van der Waals surface area contributed by atoms with Gasteiger partial charge in [0.05, 0.1) is 5.69 Å². The zero-order chi connectivity index (χ0) is 17.7. The van der Waals surface area contributed by atoms with Gasteiger partial charge in [-0.3, -0.25) is 9.88 Å². The summed E-state index contributed by atoms with van der Waals surface area (Å²) < 4.78 is 5.37. The molecule has 4 heteroatoms. The SMILES string of the molecule is Cc1cccc(/C=C/c2ccc(N(C)C(=O)OC(C)(C)C)cc2)n1. The lowest BCUT2D eigenvalue weighted by Gasteiger charge is -2.24. The molecule has 0 spiro atoms. The molecule has 0 saturated carbocycles. The molecule has 0 aliphatic carbocycles. The molecule has 1 heterocycles. The Morgan fingerprint density at radius 1 is 1.08 bits per heavy atom. The van der Waals surface area contributed by atoms with Crippen molar-refractivity contribution in [3.63, 3.8) is 0 Å². The number of hydrogen-bond acceptors (Lipinski definition) is 3. The third-order valence-electron chi connectivity index (χ3n) is 3.30. The van der Waals surface area contributed by atoms with Crippen molar-refractivity contribution in [3.8, 4) is 0 Å². The normalized spacial score (nSPS) is 11.5. The van der Waals surface area contributed by atoms with Gasteiger partial charge in [0.1, 0.15) is 5.60 Å². The molecule has 0 fully saturated rings. The van der Waals surface area contributed by atoms with E-state index in [1.807, 2.05) is 82.3 Å². The second-order valence-corrected chi connectivity index (χ2v) is 6.67. The number of hydrogen-bond donors (Lipinski definition) is 0. The molecule has 1 amide bonds. The number of benzene rings is 1. The first kappa shape index (κ1) is 17.7. The van der Waals surface area contributed by atoms with Gasteiger partial charge in [-0.25, -0.2) is 4.79 Å². The number of ether oxygens (including phenoxy) is 1. The Morgan fingerprint density at radius 2 is 1.75 bits per heavy atom. The Hall–Kier alpha value is -2.62. The number of anilines is 1. The number of aryl methyl sites for hydroxylation is 1. The van der Waals surface area contributed by atoms with Gasteiger partial charge in [0.15, 0.2) is 0 Å². The second kappa shape index (κ2) is 7.30. The summed E-state index contributed by atoms with van der Waals surface area (Å²) in [7, 11) is 1.70. The minimum absolute atomic E-state index is 0.366. The molecule has 1 aromatic carbocycles. The van der Waals surface area contributed by atoms with Crippen LogP contribution in [0.4, 0.5) is 10.5 Å². The Morgan fingerprint density at radius 3 is 2.33 bits per heavy atom. The molecule has 0 atom stereocenters. The summed E-state index contributed by atoms with van der Waals surface area (Å²) in [5, 5.41) is 0. The highest BCUT2D eigenvalue weighted by Gasteiger charge is 2.20. The highest BCUT2D eigenvalue weighted by Crippen LogP contribution is 2.18. The standard InChI is InChI=1S/C20H24N2O2/c1-15-7-6-8-17(21-15)12-9-16-10-13-18(14-11-16)22(5)19(23)24-20(2,3)4/h6-14H,1-5H3/b12-9+. The number of carbonyl (C=O) groups is 1. The van der Waals surface area contributed by atoms with Crippen LogP contribution in [0.3, 0.4) is 0 Å². The van der Waals surface area contributed by atoms with Crippen LogP contribution in [0.25, 0.3) is 12.2 Å². The number of nitrogens with zero attached hydrogens (tertiary/aromatic N) is 2. The molecule has 0 aliphatic heterocycles. The summed E-state index contributed by atoms with van der Waals surface area (Å²) in [4.78, 5) is 18.0. The molecule has 2 aromatic rings. The van der Waals surface area contributed by atoms with E-state index < -0.39 is 5.60 Å². The number of rotatable bonds is 3. The average molecular weight is 324 g/mol. The summed E-state index contributed by atoms with van der Waals surface area (Å²) in [5.74, 6) is 0. The second-order valence-electron chi connectivity index (χ2n) is 6.67. The number of aromatic nitrogens is 1. The van der Waals surface area contributed by atoms with Crippen molar-refractivity contribution in [1.29, 1.82) is 0 Å². The Bertz CT molecular complexity index is 728. The molecule has 0 N–H and O–H groups in total. The lowest BCUT2D eigenvalue weighted by molar-refractivity contribution is 0.0589. The minimum Gasteiger partial charge on any atom is -0.443 e. The number of pyridine rings is 1. The van der Waals surface area contributed by atoms with Gasteiger partial charge in [-0.05, 0) is 63.6 Å². The molecule has 24 heavy (non-hydrogen) atoms. The van der Waals surface area contributed by atoms with Crippen LogP contribution in [0.1, 0.15) is 37.7 Å². The van der Waals surface area contributed by atoms with Crippen molar-refractivity contribution in [1.82, 2.24) is 4.98 Å². The molecule has 0 unspecified atom stereocenters. The van der Waals surface area contributed by atoms with Gasteiger partial charge >= 0.3 is 6.09 Å². The maximum Gasteiger partial charge on any atom is 0.414 e. The van der Waals surface area contributed by atoms with E-state index in [2.05, 4.69) is 4.98 Å². The number of amides is 1. The van der Waals surface area contributed by atoms with Gasteiger partial charge in [-0.15, -0.1) is 0 Å². The first-order valence-corrected chi connectivity index (χ1v) is 7.93. The van der Waals surface area contributed by atoms with E-state index in [-0.39, 0.29) is 6.09 Å². The summed E-state index contributed by atoms with van der Waals surface area (Å²) >= 11 is 0. The summed E-state index contributed by atoms with van der Waals surface area (Å²) in [6.45, 7) is 7.53. The van der Waals surface area contributed by atoms with E-state index in [4.69, 9.17) is 4.74 Å². The van der Waals surface area contributed by atoms with Crippen LogP contribution >= 0.6 is 0 Å².